The molecular weight excluding hydrogens is 296 g/mol. The summed E-state index contributed by atoms with van der Waals surface area (Å²) in [6, 6.07) is 9.96. The Hall–Kier alpha value is -1.35. The molecule has 0 aliphatic carbocycles. The molecule has 1 aromatic carbocycles. The average Bonchev–Trinajstić information content (AvgIpc) is 2.94. The minimum absolute atomic E-state index is 0.421. The van der Waals surface area contributed by atoms with Crippen molar-refractivity contribution in [3.8, 4) is 0 Å². The third kappa shape index (κ3) is 2.77. The van der Waals surface area contributed by atoms with E-state index in [9.17, 15) is 4.79 Å². The normalized spacial score (nSPS) is 33.2. The van der Waals surface area contributed by atoms with Gasteiger partial charge in [0.25, 0.3) is 0 Å². The first-order chi connectivity index (χ1) is 11.5. The van der Waals surface area contributed by atoms with Crippen LogP contribution in [0, 0.1) is 24.7 Å². The fraction of sp³-hybridized carbons (Fsp3) is 0.667. The van der Waals surface area contributed by atoms with Gasteiger partial charge in [0.05, 0.1) is 0 Å². The summed E-state index contributed by atoms with van der Waals surface area (Å²) >= 11 is 0. The van der Waals surface area contributed by atoms with Crippen LogP contribution in [0.4, 0.5) is 0 Å². The zero-order valence-electron chi connectivity index (χ0n) is 15.2. The summed E-state index contributed by atoms with van der Waals surface area (Å²) in [6.45, 7) is 10.1. The van der Waals surface area contributed by atoms with Gasteiger partial charge < -0.3 is 4.90 Å². The average molecular weight is 326 g/mol. The van der Waals surface area contributed by atoms with Crippen molar-refractivity contribution in [1.82, 2.24) is 9.80 Å². The van der Waals surface area contributed by atoms with Crippen molar-refractivity contribution in [1.29, 1.82) is 0 Å². The molecule has 3 saturated heterocycles. The number of likely N-dealkylation sites (tertiary alicyclic amines) is 1. The molecule has 3 aliphatic rings. The number of rotatable bonds is 3. The van der Waals surface area contributed by atoms with E-state index in [1.807, 2.05) is 0 Å². The molecule has 0 aromatic heterocycles. The minimum Gasteiger partial charge on any atom is -0.336 e. The maximum absolute atomic E-state index is 12.5. The lowest BCUT2D eigenvalue weighted by molar-refractivity contribution is -0.142. The van der Waals surface area contributed by atoms with Crippen molar-refractivity contribution >= 4 is 5.91 Å². The van der Waals surface area contributed by atoms with Gasteiger partial charge in [-0.1, -0.05) is 43.7 Å². The number of benzene rings is 1. The summed E-state index contributed by atoms with van der Waals surface area (Å²) in [7, 11) is 0. The lowest BCUT2D eigenvalue weighted by Crippen LogP contribution is -2.57. The Morgan fingerprint density at radius 3 is 2.54 bits per heavy atom. The van der Waals surface area contributed by atoms with Crippen LogP contribution in [0.2, 0.25) is 0 Å². The molecule has 0 bridgehead atoms. The summed E-state index contributed by atoms with van der Waals surface area (Å²) in [5.74, 6) is 2.34. The van der Waals surface area contributed by atoms with Gasteiger partial charge in [-0.05, 0) is 43.1 Å². The van der Waals surface area contributed by atoms with Crippen molar-refractivity contribution in [2.75, 3.05) is 13.1 Å². The topological polar surface area (TPSA) is 23.6 Å². The molecule has 4 atom stereocenters. The van der Waals surface area contributed by atoms with E-state index >= 15 is 0 Å². The molecule has 3 heteroatoms. The van der Waals surface area contributed by atoms with E-state index in [4.69, 9.17) is 0 Å². The minimum atomic E-state index is 0.421. The molecule has 4 rings (SSSR count). The standard InChI is InChI=1S/C21H30N2O/c1-14(2)19-10-18-13-22(11-16-6-4-15(3)5-7-16)12-17-8-9-20(24)23(19)21(17)18/h4-7,14,17-19,21H,8-13H2,1-3H3/t17-,18?,19-,21?/m1/s1. The summed E-state index contributed by atoms with van der Waals surface area (Å²) in [6.07, 6.45) is 3.05. The number of nitrogens with zero attached hydrogens (tertiary/aromatic N) is 2. The molecular formula is C21H30N2O. The highest BCUT2D eigenvalue weighted by molar-refractivity contribution is 5.78. The molecule has 3 aliphatic heterocycles. The van der Waals surface area contributed by atoms with Crippen LogP contribution in [-0.4, -0.2) is 40.9 Å². The second-order valence-corrected chi connectivity index (χ2v) is 8.58. The van der Waals surface area contributed by atoms with Crippen LogP contribution in [0.5, 0.6) is 0 Å². The monoisotopic (exact) mass is 326 g/mol. The molecule has 130 valence electrons. The van der Waals surface area contributed by atoms with Crippen LogP contribution in [-0.2, 0) is 11.3 Å². The van der Waals surface area contributed by atoms with Crippen molar-refractivity contribution in [3.63, 3.8) is 0 Å². The number of hydrogen-bond acceptors (Lipinski definition) is 2. The first kappa shape index (κ1) is 16.1. The van der Waals surface area contributed by atoms with Gasteiger partial charge in [0.15, 0.2) is 0 Å². The van der Waals surface area contributed by atoms with Gasteiger partial charge in [0, 0.05) is 38.1 Å². The molecule has 1 amide bonds. The molecule has 0 saturated carbocycles. The van der Waals surface area contributed by atoms with Gasteiger partial charge in [-0.25, -0.2) is 0 Å². The highest BCUT2D eigenvalue weighted by Gasteiger charge is 2.52. The van der Waals surface area contributed by atoms with Gasteiger partial charge in [0.1, 0.15) is 0 Å². The number of amides is 1. The molecule has 0 radical (unpaired) electrons. The van der Waals surface area contributed by atoms with Crippen LogP contribution in [0.1, 0.15) is 44.2 Å². The molecule has 0 N–H and O–H groups in total. The number of carbonyl (C=O) groups excluding carboxylic acids is 1. The van der Waals surface area contributed by atoms with Crippen molar-refractivity contribution in [2.24, 2.45) is 17.8 Å². The van der Waals surface area contributed by atoms with E-state index in [-0.39, 0.29) is 0 Å². The van der Waals surface area contributed by atoms with Crippen LogP contribution in [0.25, 0.3) is 0 Å². The Bertz CT molecular complexity index is 609. The van der Waals surface area contributed by atoms with Crippen LogP contribution >= 0.6 is 0 Å². The van der Waals surface area contributed by atoms with Crippen LogP contribution in [0.15, 0.2) is 24.3 Å². The van der Waals surface area contributed by atoms with E-state index in [1.165, 1.54) is 17.5 Å². The van der Waals surface area contributed by atoms with Crippen molar-refractivity contribution in [2.45, 2.75) is 58.7 Å². The van der Waals surface area contributed by atoms with E-state index < -0.39 is 0 Å². The number of piperidine rings is 2. The molecule has 3 nitrogen and oxygen atoms in total. The summed E-state index contributed by atoms with van der Waals surface area (Å²) in [4.78, 5) is 17.5. The molecule has 2 unspecified atom stereocenters. The highest BCUT2D eigenvalue weighted by atomic mass is 16.2. The van der Waals surface area contributed by atoms with Crippen LogP contribution in [0.3, 0.4) is 0 Å². The van der Waals surface area contributed by atoms with Gasteiger partial charge >= 0.3 is 0 Å². The third-order valence-corrected chi connectivity index (χ3v) is 6.49. The number of aryl methyl sites for hydroxylation is 1. The number of carbonyl (C=O) groups is 1. The van der Waals surface area contributed by atoms with Gasteiger partial charge in [-0.3, -0.25) is 9.69 Å². The Labute approximate surface area is 146 Å². The maximum atomic E-state index is 12.5. The molecule has 1 aromatic rings. The van der Waals surface area contributed by atoms with E-state index in [0.29, 0.717) is 35.7 Å². The summed E-state index contributed by atoms with van der Waals surface area (Å²) < 4.78 is 0. The Morgan fingerprint density at radius 1 is 1.12 bits per heavy atom. The van der Waals surface area contributed by atoms with E-state index in [0.717, 1.165) is 32.5 Å². The van der Waals surface area contributed by atoms with E-state index in [1.54, 1.807) is 0 Å². The van der Waals surface area contributed by atoms with Gasteiger partial charge in [-0.2, -0.15) is 0 Å². The maximum Gasteiger partial charge on any atom is 0.223 e. The Balaban J connectivity index is 1.52. The van der Waals surface area contributed by atoms with Gasteiger partial charge in [0.2, 0.25) is 5.91 Å². The second-order valence-electron chi connectivity index (χ2n) is 8.58. The first-order valence-corrected chi connectivity index (χ1v) is 9.62. The third-order valence-electron chi connectivity index (χ3n) is 6.49. The Morgan fingerprint density at radius 2 is 1.83 bits per heavy atom. The fourth-order valence-electron chi connectivity index (χ4n) is 5.38. The zero-order valence-corrected chi connectivity index (χ0v) is 15.2. The lowest BCUT2D eigenvalue weighted by Gasteiger charge is -2.47. The zero-order chi connectivity index (χ0) is 16.8. The van der Waals surface area contributed by atoms with Crippen molar-refractivity contribution < 1.29 is 4.79 Å². The summed E-state index contributed by atoms with van der Waals surface area (Å²) in [5.41, 5.74) is 2.75. The summed E-state index contributed by atoms with van der Waals surface area (Å²) in [5, 5.41) is 0. The predicted molar refractivity (Wildman–Crippen MR) is 96.5 cm³/mol. The van der Waals surface area contributed by atoms with Gasteiger partial charge in [-0.15, -0.1) is 0 Å². The lowest BCUT2D eigenvalue weighted by atomic mass is 9.79. The predicted octanol–water partition coefficient (Wildman–Crippen LogP) is 3.46. The largest absolute Gasteiger partial charge is 0.336 e. The molecule has 3 fully saturated rings. The smallest absolute Gasteiger partial charge is 0.223 e. The Kier molecular flexibility index (Phi) is 4.16. The quantitative estimate of drug-likeness (QED) is 0.849. The molecule has 0 spiro atoms. The first-order valence-electron chi connectivity index (χ1n) is 9.62. The SMILES string of the molecule is Cc1ccc(CN2CC3C[C@H](C(C)C)N4C(=O)CC[C@H](C2)C34)cc1. The molecule has 24 heavy (non-hydrogen) atoms. The van der Waals surface area contributed by atoms with Crippen LogP contribution < -0.4 is 0 Å². The van der Waals surface area contributed by atoms with E-state index in [2.05, 4.69) is 54.8 Å². The molecule has 3 heterocycles. The highest BCUT2D eigenvalue weighted by Crippen LogP contribution is 2.45. The number of hydrogen-bond donors (Lipinski definition) is 0. The van der Waals surface area contributed by atoms with Crippen molar-refractivity contribution in [3.05, 3.63) is 35.4 Å². The second kappa shape index (κ2) is 6.18. The fourth-order valence-corrected chi connectivity index (χ4v) is 5.38.